The average molecular weight is 439 g/mol. The summed E-state index contributed by atoms with van der Waals surface area (Å²) in [6.45, 7) is 4.61. The summed E-state index contributed by atoms with van der Waals surface area (Å²) in [5.41, 5.74) is 2.39. The third kappa shape index (κ3) is 5.44. The van der Waals surface area contributed by atoms with Gasteiger partial charge in [0.05, 0.1) is 17.2 Å². The van der Waals surface area contributed by atoms with E-state index in [9.17, 15) is 13.2 Å². The molecule has 0 aliphatic rings. The Morgan fingerprint density at radius 2 is 1.68 bits per heavy atom. The van der Waals surface area contributed by atoms with Crippen molar-refractivity contribution < 1.29 is 17.9 Å². The smallest absolute Gasteiger partial charge is 0.261 e. The zero-order valence-electron chi connectivity index (χ0n) is 17.8. The number of amides is 1. The van der Waals surface area contributed by atoms with Gasteiger partial charge in [-0.1, -0.05) is 42.5 Å². The lowest BCUT2D eigenvalue weighted by Crippen LogP contribution is -2.26. The van der Waals surface area contributed by atoms with Gasteiger partial charge in [-0.2, -0.15) is 0 Å². The number of ether oxygens (including phenoxy) is 1. The van der Waals surface area contributed by atoms with E-state index < -0.39 is 10.0 Å². The van der Waals surface area contributed by atoms with E-state index in [1.165, 1.54) is 12.1 Å². The molecule has 0 radical (unpaired) electrons. The number of hydrogen-bond donors (Lipinski definition) is 1. The first-order chi connectivity index (χ1) is 14.8. The highest BCUT2D eigenvalue weighted by molar-refractivity contribution is 7.92. The van der Waals surface area contributed by atoms with Crippen LogP contribution in [-0.4, -0.2) is 32.9 Å². The molecule has 0 heterocycles. The van der Waals surface area contributed by atoms with Crippen LogP contribution in [0.5, 0.6) is 5.75 Å². The van der Waals surface area contributed by atoms with Gasteiger partial charge in [-0.05, 0) is 49.7 Å². The Morgan fingerprint density at radius 3 is 2.39 bits per heavy atom. The van der Waals surface area contributed by atoms with Crippen molar-refractivity contribution in [3.05, 3.63) is 89.5 Å². The lowest BCUT2D eigenvalue weighted by atomic mass is 10.1. The highest BCUT2D eigenvalue weighted by Crippen LogP contribution is 2.24. The van der Waals surface area contributed by atoms with Gasteiger partial charge in [-0.3, -0.25) is 9.52 Å². The van der Waals surface area contributed by atoms with Crippen LogP contribution in [0.3, 0.4) is 0 Å². The molecule has 1 amide bonds. The van der Waals surface area contributed by atoms with Gasteiger partial charge < -0.3 is 9.64 Å². The molecule has 3 aromatic rings. The van der Waals surface area contributed by atoms with E-state index in [1.54, 1.807) is 55.3 Å². The molecule has 0 saturated heterocycles. The fraction of sp³-hybridized carbons (Fsp3) is 0.208. The summed E-state index contributed by atoms with van der Waals surface area (Å²) < 4.78 is 33.6. The van der Waals surface area contributed by atoms with Crippen molar-refractivity contribution in [3.63, 3.8) is 0 Å². The average Bonchev–Trinajstić information content (AvgIpc) is 2.77. The summed E-state index contributed by atoms with van der Waals surface area (Å²) in [5, 5.41) is 0. The van der Waals surface area contributed by atoms with Crippen LogP contribution in [-0.2, 0) is 16.6 Å². The maximum absolute atomic E-state index is 13.0. The maximum Gasteiger partial charge on any atom is 0.261 e. The van der Waals surface area contributed by atoms with E-state index in [4.69, 9.17) is 4.74 Å². The third-order valence-electron chi connectivity index (χ3n) is 4.81. The van der Waals surface area contributed by atoms with Gasteiger partial charge >= 0.3 is 0 Å². The second-order valence-corrected chi connectivity index (χ2v) is 8.83. The minimum Gasteiger partial charge on any atom is -0.494 e. The number of sulfonamides is 1. The minimum atomic E-state index is -3.75. The summed E-state index contributed by atoms with van der Waals surface area (Å²) in [6, 6.07) is 20.7. The second kappa shape index (κ2) is 9.66. The van der Waals surface area contributed by atoms with Crippen LogP contribution in [0, 0.1) is 6.92 Å². The molecule has 0 fully saturated rings. The molecule has 6 nitrogen and oxygen atoms in total. The molecule has 1 N–H and O–H groups in total. The van der Waals surface area contributed by atoms with Crippen LogP contribution in [0.4, 0.5) is 5.69 Å². The molecule has 0 atom stereocenters. The van der Waals surface area contributed by atoms with Crippen LogP contribution < -0.4 is 9.46 Å². The van der Waals surface area contributed by atoms with Gasteiger partial charge in [-0.15, -0.1) is 0 Å². The number of anilines is 1. The van der Waals surface area contributed by atoms with Gasteiger partial charge in [-0.25, -0.2) is 8.42 Å². The normalized spacial score (nSPS) is 11.1. The number of carbonyl (C=O) groups excluding carboxylic acids is 1. The number of rotatable bonds is 8. The highest BCUT2D eigenvalue weighted by atomic mass is 32.2. The Bertz CT molecular complexity index is 1160. The molecule has 0 unspecified atom stereocenters. The second-order valence-electron chi connectivity index (χ2n) is 7.15. The van der Waals surface area contributed by atoms with E-state index in [1.807, 2.05) is 31.2 Å². The van der Waals surface area contributed by atoms with Crippen LogP contribution in [0.25, 0.3) is 0 Å². The molecular formula is C24H26N2O4S. The minimum absolute atomic E-state index is 0.163. The van der Waals surface area contributed by atoms with E-state index in [0.29, 0.717) is 24.4 Å². The topological polar surface area (TPSA) is 75.7 Å². The number of aryl methyl sites for hydroxylation is 1. The van der Waals surface area contributed by atoms with Crippen LogP contribution in [0.1, 0.15) is 28.4 Å². The Labute approximate surface area is 183 Å². The van der Waals surface area contributed by atoms with E-state index in [-0.39, 0.29) is 10.8 Å². The van der Waals surface area contributed by atoms with E-state index in [2.05, 4.69) is 4.72 Å². The van der Waals surface area contributed by atoms with Gasteiger partial charge in [0.25, 0.3) is 15.9 Å². The molecule has 31 heavy (non-hydrogen) atoms. The largest absolute Gasteiger partial charge is 0.494 e. The molecule has 7 heteroatoms. The van der Waals surface area contributed by atoms with Crippen LogP contribution >= 0.6 is 0 Å². The summed E-state index contributed by atoms with van der Waals surface area (Å²) in [7, 11) is -2.04. The predicted molar refractivity (Wildman–Crippen MR) is 122 cm³/mol. The fourth-order valence-corrected chi connectivity index (χ4v) is 4.29. The lowest BCUT2D eigenvalue weighted by molar-refractivity contribution is 0.0784. The molecule has 0 bridgehead atoms. The molecular weight excluding hydrogens is 412 g/mol. The summed E-state index contributed by atoms with van der Waals surface area (Å²) >= 11 is 0. The monoisotopic (exact) mass is 438 g/mol. The maximum atomic E-state index is 13.0. The summed E-state index contributed by atoms with van der Waals surface area (Å²) in [4.78, 5) is 14.8. The standard InChI is InChI=1S/C24H26N2O4S/c1-4-30-23-13-9-8-10-20(23)17-26(3)24(27)19-15-14-18(2)22(16-19)25-31(28,29)21-11-6-5-7-12-21/h5-16,25H,4,17H2,1-3H3. The van der Waals surface area contributed by atoms with Crippen molar-refractivity contribution in [2.45, 2.75) is 25.3 Å². The quantitative estimate of drug-likeness (QED) is 0.563. The molecule has 162 valence electrons. The molecule has 0 aliphatic carbocycles. The van der Waals surface area contributed by atoms with Crippen molar-refractivity contribution in [1.82, 2.24) is 4.90 Å². The summed E-state index contributed by atoms with van der Waals surface area (Å²) in [6.07, 6.45) is 0. The van der Waals surface area contributed by atoms with E-state index >= 15 is 0 Å². The molecule has 0 saturated carbocycles. The number of nitrogens with zero attached hydrogens (tertiary/aromatic N) is 1. The summed E-state index contributed by atoms with van der Waals surface area (Å²) in [5.74, 6) is 0.524. The zero-order valence-corrected chi connectivity index (χ0v) is 18.6. The zero-order chi connectivity index (χ0) is 22.4. The third-order valence-corrected chi connectivity index (χ3v) is 6.19. The molecule has 3 rings (SSSR count). The molecule has 0 spiro atoms. The Balaban J connectivity index is 1.81. The number of para-hydroxylation sites is 1. The number of carbonyl (C=O) groups is 1. The SMILES string of the molecule is CCOc1ccccc1CN(C)C(=O)c1ccc(C)c(NS(=O)(=O)c2ccccc2)c1. The number of nitrogens with one attached hydrogen (secondary N) is 1. The Kier molecular flexibility index (Phi) is 6.97. The van der Waals surface area contributed by atoms with Crippen LogP contribution in [0.2, 0.25) is 0 Å². The Hall–Kier alpha value is -3.32. The van der Waals surface area contributed by atoms with E-state index in [0.717, 1.165) is 16.9 Å². The highest BCUT2D eigenvalue weighted by Gasteiger charge is 2.18. The number of benzene rings is 3. The van der Waals surface area contributed by atoms with Gasteiger partial charge in [0.15, 0.2) is 0 Å². The van der Waals surface area contributed by atoms with Crippen LogP contribution in [0.15, 0.2) is 77.7 Å². The first kappa shape index (κ1) is 22.4. The molecule has 0 aliphatic heterocycles. The first-order valence-electron chi connectivity index (χ1n) is 9.96. The van der Waals surface area contributed by atoms with Crippen molar-refractivity contribution in [3.8, 4) is 5.75 Å². The predicted octanol–water partition coefficient (Wildman–Crippen LogP) is 4.47. The van der Waals surface area contributed by atoms with Gasteiger partial charge in [0.2, 0.25) is 0 Å². The first-order valence-corrected chi connectivity index (χ1v) is 11.4. The fourth-order valence-electron chi connectivity index (χ4n) is 3.15. The molecule has 0 aromatic heterocycles. The number of hydrogen-bond acceptors (Lipinski definition) is 4. The Morgan fingerprint density at radius 1 is 1.00 bits per heavy atom. The van der Waals surface area contributed by atoms with Crippen molar-refractivity contribution in [2.75, 3.05) is 18.4 Å². The van der Waals surface area contributed by atoms with Crippen molar-refractivity contribution >= 4 is 21.6 Å². The van der Waals surface area contributed by atoms with Gasteiger partial charge in [0.1, 0.15) is 5.75 Å². The molecule has 3 aromatic carbocycles. The van der Waals surface area contributed by atoms with Gasteiger partial charge in [0, 0.05) is 24.7 Å². The van der Waals surface area contributed by atoms with Crippen molar-refractivity contribution in [2.24, 2.45) is 0 Å². The lowest BCUT2D eigenvalue weighted by Gasteiger charge is -2.20. The van der Waals surface area contributed by atoms with Crippen molar-refractivity contribution in [1.29, 1.82) is 0 Å².